The van der Waals surface area contributed by atoms with Gasteiger partial charge in [-0.1, -0.05) is 43.9 Å². The first-order chi connectivity index (χ1) is 10.3. The Hall–Kier alpha value is -1.28. The van der Waals surface area contributed by atoms with Gasteiger partial charge in [-0.05, 0) is 38.7 Å². The van der Waals surface area contributed by atoms with E-state index in [4.69, 9.17) is 4.42 Å². The Morgan fingerprint density at radius 3 is 2.62 bits per heavy atom. The molecule has 1 N–H and O–H groups in total. The van der Waals surface area contributed by atoms with E-state index >= 15 is 0 Å². The summed E-state index contributed by atoms with van der Waals surface area (Å²) >= 11 is 0. The maximum absolute atomic E-state index is 5.86. The number of rotatable bonds is 4. The quantitative estimate of drug-likeness (QED) is 0.782. The lowest BCUT2D eigenvalue weighted by Crippen LogP contribution is -2.33. The van der Waals surface area contributed by atoms with Crippen LogP contribution in [0.25, 0.3) is 11.0 Å². The van der Waals surface area contributed by atoms with Crippen molar-refractivity contribution in [2.45, 2.75) is 65.0 Å². The summed E-state index contributed by atoms with van der Waals surface area (Å²) in [6.07, 6.45) is 8.44. The van der Waals surface area contributed by atoms with Crippen LogP contribution >= 0.6 is 0 Å². The highest BCUT2D eigenvalue weighted by Crippen LogP contribution is 2.27. The first-order valence-corrected chi connectivity index (χ1v) is 8.46. The minimum Gasteiger partial charge on any atom is -0.461 e. The molecule has 1 saturated carbocycles. The minimum atomic E-state index is 0.594. The Morgan fingerprint density at radius 1 is 1.14 bits per heavy atom. The summed E-state index contributed by atoms with van der Waals surface area (Å²) in [6, 6.07) is 8.95. The van der Waals surface area contributed by atoms with Gasteiger partial charge in [0, 0.05) is 23.5 Å². The van der Waals surface area contributed by atoms with Gasteiger partial charge >= 0.3 is 0 Å². The standard InChI is InChI=1S/C19H27NO/c1-14(16-9-5-3-4-6-10-16)20-13-18-15(2)21-19-12-8-7-11-17(18)19/h7-8,11-12,14,16,20H,3-6,9-10,13H2,1-2H3/t14-/m0/s1. The molecular weight excluding hydrogens is 258 g/mol. The predicted molar refractivity (Wildman–Crippen MR) is 88.4 cm³/mol. The van der Waals surface area contributed by atoms with Gasteiger partial charge in [0.15, 0.2) is 0 Å². The first kappa shape index (κ1) is 14.6. The fraction of sp³-hybridized carbons (Fsp3) is 0.579. The molecule has 1 aliphatic rings. The Morgan fingerprint density at radius 2 is 1.86 bits per heavy atom. The van der Waals surface area contributed by atoms with Gasteiger partial charge < -0.3 is 9.73 Å². The van der Waals surface area contributed by atoms with Gasteiger partial charge in [-0.25, -0.2) is 0 Å². The number of furan rings is 1. The average Bonchev–Trinajstić information content (AvgIpc) is 2.68. The second-order valence-electron chi connectivity index (χ2n) is 6.55. The molecule has 1 aromatic heterocycles. The van der Waals surface area contributed by atoms with Crippen molar-refractivity contribution in [2.24, 2.45) is 5.92 Å². The van der Waals surface area contributed by atoms with Crippen molar-refractivity contribution in [3.8, 4) is 0 Å². The highest BCUT2D eigenvalue weighted by atomic mass is 16.3. The molecule has 0 radical (unpaired) electrons. The van der Waals surface area contributed by atoms with Gasteiger partial charge in [0.1, 0.15) is 11.3 Å². The van der Waals surface area contributed by atoms with Crippen molar-refractivity contribution in [3.05, 3.63) is 35.6 Å². The summed E-state index contributed by atoms with van der Waals surface area (Å²) in [5.41, 5.74) is 2.33. The number of para-hydroxylation sites is 1. The number of fused-ring (bicyclic) bond motifs is 1. The molecule has 0 amide bonds. The molecule has 2 nitrogen and oxygen atoms in total. The first-order valence-electron chi connectivity index (χ1n) is 8.46. The normalized spacial score (nSPS) is 18.8. The lowest BCUT2D eigenvalue weighted by Gasteiger charge is -2.23. The van der Waals surface area contributed by atoms with Crippen molar-refractivity contribution in [1.82, 2.24) is 5.32 Å². The zero-order valence-corrected chi connectivity index (χ0v) is 13.3. The van der Waals surface area contributed by atoms with Crippen LogP contribution in [0.5, 0.6) is 0 Å². The second kappa shape index (κ2) is 6.65. The third-order valence-corrected chi connectivity index (χ3v) is 5.11. The molecule has 1 fully saturated rings. The number of nitrogens with one attached hydrogen (secondary N) is 1. The largest absolute Gasteiger partial charge is 0.461 e. The smallest absolute Gasteiger partial charge is 0.134 e. The molecule has 114 valence electrons. The fourth-order valence-corrected chi connectivity index (χ4v) is 3.68. The molecule has 2 heteroatoms. The van der Waals surface area contributed by atoms with E-state index < -0.39 is 0 Å². The number of hydrogen-bond donors (Lipinski definition) is 1. The van der Waals surface area contributed by atoms with Crippen LogP contribution in [0.15, 0.2) is 28.7 Å². The van der Waals surface area contributed by atoms with Crippen LogP contribution < -0.4 is 5.32 Å². The molecule has 0 saturated heterocycles. The van der Waals surface area contributed by atoms with Crippen molar-refractivity contribution in [1.29, 1.82) is 0 Å². The molecule has 1 aliphatic carbocycles. The molecule has 1 heterocycles. The Labute approximate surface area is 127 Å². The molecule has 0 unspecified atom stereocenters. The number of hydrogen-bond acceptors (Lipinski definition) is 2. The van der Waals surface area contributed by atoms with Gasteiger partial charge in [0.2, 0.25) is 0 Å². The lowest BCUT2D eigenvalue weighted by atomic mass is 9.93. The van der Waals surface area contributed by atoms with E-state index in [0.717, 1.165) is 23.8 Å². The van der Waals surface area contributed by atoms with Gasteiger partial charge in [0.05, 0.1) is 0 Å². The summed E-state index contributed by atoms with van der Waals surface area (Å²) in [5.74, 6) is 1.89. The zero-order valence-electron chi connectivity index (χ0n) is 13.3. The van der Waals surface area contributed by atoms with Crippen LogP contribution in [-0.2, 0) is 6.54 Å². The summed E-state index contributed by atoms with van der Waals surface area (Å²) in [5, 5.41) is 5.02. The van der Waals surface area contributed by atoms with Gasteiger partial charge in [0.25, 0.3) is 0 Å². The summed E-state index contributed by atoms with van der Waals surface area (Å²) < 4.78 is 5.86. The van der Waals surface area contributed by atoms with Crippen molar-refractivity contribution in [3.63, 3.8) is 0 Å². The molecule has 0 bridgehead atoms. The van der Waals surface area contributed by atoms with E-state index in [1.165, 1.54) is 49.5 Å². The van der Waals surface area contributed by atoms with Crippen LogP contribution in [0.1, 0.15) is 56.8 Å². The van der Waals surface area contributed by atoms with Gasteiger partial charge in [-0.2, -0.15) is 0 Å². The van der Waals surface area contributed by atoms with Crippen LogP contribution in [0.3, 0.4) is 0 Å². The molecule has 1 atom stereocenters. The molecule has 2 aromatic rings. The van der Waals surface area contributed by atoms with Crippen LogP contribution in [0, 0.1) is 12.8 Å². The van der Waals surface area contributed by atoms with Crippen LogP contribution in [0.4, 0.5) is 0 Å². The molecule has 1 aromatic carbocycles. The average molecular weight is 285 g/mol. The molecule has 21 heavy (non-hydrogen) atoms. The van der Waals surface area contributed by atoms with E-state index in [-0.39, 0.29) is 0 Å². The van der Waals surface area contributed by atoms with Crippen molar-refractivity contribution in [2.75, 3.05) is 0 Å². The van der Waals surface area contributed by atoms with Crippen LogP contribution in [-0.4, -0.2) is 6.04 Å². The predicted octanol–water partition coefficient (Wildman–Crippen LogP) is 5.19. The third kappa shape index (κ3) is 3.32. The molecule has 0 aliphatic heterocycles. The topological polar surface area (TPSA) is 25.2 Å². The summed E-state index contributed by atoms with van der Waals surface area (Å²) in [7, 11) is 0. The van der Waals surface area contributed by atoms with Crippen molar-refractivity contribution < 1.29 is 4.42 Å². The summed E-state index contributed by atoms with van der Waals surface area (Å²) in [4.78, 5) is 0. The monoisotopic (exact) mass is 285 g/mol. The fourth-order valence-electron chi connectivity index (χ4n) is 3.68. The van der Waals surface area contributed by atoms with Gasteiger partial charge in [-0.3, -0.25) is 0 Å². The van der Waals surface area contributed by atoms with Gasteiger partial charge in [-0.15, -0.1) is 0 Å². The SMILES string of the molecule is Cc1oc2ccccc2c1CN[C@@H](C)C1CCCCCC1. The highest BCUT2D eigenvalue weighted by Gasteiger charge is 2.19. The van der Waals surface area contributed by atoms with Crippen molar-refractivity contribution >= 4 is 11.0 Å². The van der Waals surface area contributed by atoms with E-state index in [0.29, 0.717) is 6.04 Å². The Kier molecular flexibility index (Phi) is 4.64. The van der Waals surface area contributed by atoms with E-state index in [1.54, 1.807) is 0 Å². The van der Waals surface area contributed by atoms with Crippen LogP contribution in [0.2, 0.25) is 0 Å². The Bertz CT molecular complexity index is 578. The highest BCUT2D eigenvalue weighted by molar-refractivity contribution is 5.82. The third-order valence-electron chi connectivity index (χ3n) is 5.11. The maximum atomic E-state index is 5.86. The maximum Gasteiger partial charge on any atom is 0.134 e. The molecule has 3 rings (SSSR count). The second-order valence-corrected chi connectivity index (χ2v) is 6.55. The lowest BCUT2D eigenvalue weighted by molar-refractivity contribution is 0.336. The molecular formula is C19H27NO. The molecule has 0 spiro atoms. The number of benzene rings is 1. The minimum absolute atomic E-state index is 0.594. The van der Waals surface area contributed by atoms with E-state index in [9.17, 15) is 0 Å². The number of aryl methyl sites for hydroxylation is 1. The summed E-state index contributed by atoms with van der Waals surface area (Å²) in [6.45, 7) is 5.35. The Balaban J connectivity index is 1.67. The zero-order chi connectivity index (χ0) is 14.7. The van der Waals surface area contributed by atoms with E-state index in [1.807, 2.05) is 6.07 Å². The van der Waals surface area contributed by atoms with E-state index in [2.05, 4.69) is 37.4 Å².